The molecule has 0 atom stereocenters. The third-order valence-corrected chi connectivity index (χ3v) is 5.61. The molecule has 0 aliphatic heterocycles. The average Bonchev–Trinajstić information content (AvgIpc) is 2.66. The Morgan fingerprint density at radius 3 is 2.29 bits per heavy atom. The van der Waals surface area contributed by atoms with E-state index in [1.54, 1.807) is 7.11 Å². The highest BCUT2D eigenvalue weighted by Crippen LogP contribution is 2.35. The number of hydrogen-bond acceptors (Lipinski definition) is 4. The maximum absolute atomic E-state index is 12.9. The topological polar surface area (TPSA) is 60.4 Å². The van der Waals surface area contributed by atoms with E-state index < -0.39 is 5.41 Å². The van der Waals surface area contributed by atoms with Gasteiger partial charge in [0.25, 0.3) is 0 Å². The van der Waals surface area contributed by atoms with Crippen molar-refractivity contribution in [1.29, 1.82) is 0 Å². The van der Waals surface area contributed by atoms with Gasteiger partial charge in [0.1, 0.15) is 28.5 Å². The number of methoxy groups -OCH3 is 1. The second-order valence-electron chi connectivity index (χ2n) is 7.63. The molecule has 28 heavy (non-hydrogen) atoms. The van der Waals surface area contributed by atoms with E-state index in [0.29, 0.717) is 12.0 Å². The van der Waals surface area contributed by atoms with Crippen LogP contribution in [-0.4, -0.2) is 24.5 Å². The molecule has 0 saturated heterocycles. The summed E-state index contributed by atoms with van der Waals surface area (Å²) in [6, 6.07) is 5.71. The molecule has 0 bridgehead atoms. The van der Waals surface area contributed by atoms with Gasteiger partial charge in [-0.25, -0.2) is 0 Å². The Morgan fingerprint density at radius 1 is 1.04 bits per heavy atom. The lowest BCUT2D eigenvalue weighted by atomic mass is 9.68. The van der Waals surface area contributed by atoms with Crippen molar-refractivity contribution in [2.75, 3.05) is 7.11 Å². The second-order valence-corrected chi connectivity index (χ2v) is 7.63. The summed E-state index contributed by atoms with van der Waals surface area (Å²) in [5, 5.41) is 0. The molecule has 2 rings (SSSR count). The summed E-state index contributed by atoms with van der Waals surface area (Å²) in [6.07, 6.45) is 6.73. The quantitative estimate of drug-likeness (QED) is 0.580. The Kier molecular flexibility index (Phi) is 7.11. The van der Waals surface area contributed by atoms with E-state index in [9.17, 15) is 14.4 Å². The lowest BCUT2D eigenvalue weighted by molar-refractivity contribution is -0.137. The van der Waals surface area contributed by atoms with Gasteiger partial charge in [0, 0.05) is 12.8 Å². The van der Waals surface area contributed by atoms with E-state index >= 15 is 0 Å². The van der Waals surface area contributed by atoms with Gasteiger partial charge in [-0.15, -0.1) is 0 Å². The zero-order valence-corrected chi connectivity index (χ0v) is 17.6. The van der Waals surface area contributed by atoms with Gasteiger partial charge < -0.3 is 4.74 Å². The minimum Gasteiger partial charge on any atom is -0.497 e. The SMILES string of the molecule is COC1=CCCC=C1CCC(=O)CC(C(C)=O)(C(C)=O)c1cc(C)ccc1C. The molecule has 150 valence electrons. The van der Waals surface area contributed by atoms with E-state index in [0.717, 1.165) is 35.3 Å². The van der Waals surface area contributed by atoms with Crippen LogP contribution >= 0.6 is 0 Å². The van der Waals surface area contributed by atoms with Crippen molar-refractivity contribution in [1.82, 2.24) is 0 Å². The molecule has 1 aliphatic carbocycles. The summed E-state index contributed by atoms with van der Waals surface area (Å²) in [4.78, 5) is 38.3. The number of hydrogen-bond donors (Lipinski definition) is 0. The zero-order valence-electron chi connectivity index (χ0n) is 17.6. The molecule has 4 heteroatoms. The molecule has 0 aromatic heterocycles. The smallest absolute Gasteiger partial charge is 0.148 e. The molecule has 1 aromatic rings. The van der Waals surface area contributed by atoms with Crippen molar-refractivity contribution < 1.29 is 19.1 Å². The number of carbonyl (C=O) groups excluding carboxylic acids is 3. The van der Waals surface area contributed by atoms with Crippen LogP contribution in [0.25, 0.3) is 0 Å². The van der Waals surface area contributed by atoms with E-state index in [-0.39, 0.29) is 30.2 Å². The highest BCUT2D eigenvalue weighted by Gasteiger charge is 2.44. The Bertz CT molecular complexity index is 828. The summed E-state index contributed by atoms with van der Waals surface area (Å²) >= 11 is 0. The molecule has 0 radical (unpaired) electrons. The standard InChI is InChI=1S/C24H30O4/c1-16-10-11-17(2)22(14-16)24(18(3)25,19(4)26)15-21(27)13-12-20-8-6-7-9-23(20)28-5/h8-11,14H,6-7,12-13,15H2,1-5H3. The molecule has 0 saturated carbocycles. The average molecular weight is 383 g/mol. The van der Waals surface area contributed by atoms with Gasteiger partial charge >= 0.3 is 0 Å². The third kappa shape index (κ3) is 4.49. The first-order valence-electron chi connectivity index (χ1n) is 9.77. The van der Waals surface area contributed by atoms with E-state index in [2.05, 4.69) is 6.08 Å². The summed E-state index contributed by atoms with van der Waals surface area (Å²) in [5.74, 6) is 0.166. The fourth-order valence-electron chi connectivity index (χ4n) is 3.97. The predicted octanol–water partition coefficient (Wildman–Crippen LogP) is 4.71. The number of Topliss-reactive ketones (excluding diaryl/α,β-unsaturated/α-hetero) is 3. The first kappa shape index (κ1) is 21.8. The van der Waals surface area contributed by atoms with Gasteiger partial charge in [-0.3, -0.25) is 14.4 Å². The molecule has 0 amide bonds. The van der Waals surface area contributed by atoms with Crippen LogP contribution in [0.1, 0.15) is 62.6 Å². The molecule has 1 aromatic carbocycles. The molecule has 0 unspecified atom stereocenters. The maximum atomic E-state index is 12.9. The van der Waals surface area contributed by atoms with E-state index in [4.69, 9.17) is 4.74 Å². The minimum atomic E-state index is -1.41. The molecule has 0 N–H and O–H groups in total. The van der Waals surface area contributed by atoms with Gasteiger partial charge in [-0.05, 0) is 69.7 Å². The number of ether oxygens (including phenoxy) is 1. The highest BCUT2D eigenvalue weighted by molar-refractivity contribution is 6.13. The lowest BCUT2D eigenvalue weighted by Gasteiger charge is -2.30. The van der Waals surface area contributed by atoms with Gasteiger partial charge in [0.2, 0.25) is 0 Å². The van der Waals surface area contributed by atoms with Crippen LogP contribution in [0.3, 0.4) is 0 Å². The minimum absolute atomic E-state index is 0.0896. The van der Waals surface area contributed by atoms with Gasteiger partial charge in [-0.1, -0.05) is 29.8 Å². The Balaban J connectivity index is 2.28. The maximum Gasteiger partial charge on any atom is 0.148 e. The van der Waals surface area contributed by atoms with Gasteiger partial charge in [-0.2, -0.15) is 0 Å². The molecule has 1 aliphatic rings. The first-order valence-corrected chi connectivity index (χ1v) is 9.77. The van der Waals surface area contributed by atoms with Crippen LogP contribution in [0, 0.1) is 13.8 Å². The molecule has 4 nitrogen and oxygen atoms in total. The van der Waals surface area contributed by atoms with Crippen LogP contribution in [0.2, 0.25) is 0 Å². The normalized spacial score (nSPS) is 14.2. The van der Waals surface area contributed by atoms with Gasteiger partial charge in [0.15, 0.2) is 0 Å². The molecular weight excluding hydrogens is 352 g/mol. The highest BCUT2D eigenvalue weighted by atomic mass is 16.5. The number of carbonyl (C=O) groups is 3. The number of ketones is 3. The number of aryl methyl sites for hydroxylation is 2. The van der Waals surface area contributed by atoms with Crippen LogP contribution in [0.15, 0.2) is 41.7 Å². The van der Waals surface area contributed by atoms with Crippen molar-refractivity contribution in [3.63, 3.8) is 0 Å². The molecular formula is C24H30O4. The lowest BCUT2D eigenvalue weighted by Crippen LogP contribution is -2.44. The summed E-state index contributed by atoms with van der Waals surface area (Å²) < 4.78 is 5.38. The van der Waals surface area contributed by atoms with Crippen LogP contribution in [-0.2, 0) is 24.5 Å². The van der Waals surface area contributed by atoms with E-state index in [1.807, 2.05) is 38.1 Å². The summed E-state index contributed by atoms with van der Waals surface area (Å²) in [5.41, 5.74) is 2.07. The van der Waals surface area contributed by atoms with Crippen molar-refractivity contribution in [3.05, 3.63) is 58.4 Å². The fraction of sp³-hybridized carbons (Fsp3) is 0.458. The Labute approximate surface area is 167 Å². The third-order valence-electron chi connectivity index (χ3n) is 5.61. The fourth-order valence-corrected chi connectivity index (χ4v) is 3.97. The van der Waals surface area contributed by atoms with Gasteiger partial charge in [0.05, 0.1) is 7.11 Å². The summed E-state index contributed by atoms with van der Waals surface area (Å²) in [7, 11) is 1.63. The van der Waals surface area contributed by atoms with Crippen LogP contribution in [0.5, 0.6) is 0 Å². The second kappa shape index (κ2) is 9.13. The largest absolute Gasteiger partial charge is 0.497 e. The number of rotatable bonds is 9. The van der Waals surface area contributed by atoms with Crippen molar-refractivity contribution in [3.8, 4) is 0 Å². The van der Waals surface area contributed by atoms with E-state index in [1.165, 1.54) is 13.8 Å². The number of benzene rings is 1. The monoisotopic (exact) mass is 382 g/mol. The first-order chi connectivity index (χ1) is 13.2. The van der Waals surface area contributed by atoms with Crippen molar-refractivity contribution >= 4 is 17.3 Å². The number of allylic oxidation sites excluding steroid dienone is 3. The summed E-state index contributed by atoms with van der Waals surface area (Å²) in [6.45, 7) is 6.62. The zero-order chi connectivity index (χ0) is 20.9. The van der Waals surface area contributed by atoms with Crippen LogP contribution in [0.4, 0.5) is 0 Å². The van der Waals surface area contributed by atoms with Crippen molar-refractivity contribution in [2.24, 2.45) is 0 Å². The molecule has 0 fully saturated rings. The molecule has 0 spiro atoms. The Hall–Kier alpha value is -2.49. The van der Waals surface area contributed by atoms with Crippen LogP contribution < -0.4 is 0 Å². The molecule has 0 heterocycles. The van der Waals surface area contributed by atoms with Crippen molar-refractivity contribution in [2.45, 2.75) is 65.2 Å². The Morgan fingerprint density at radius 2 is 1.68 bits per heavy atom. The predicted molar refractivity (Wildman–Crippen MR) is 110 cm³/mol.